The highest BCUT2D eigenvalue weighted by molar-refractivity contribution is 5.91. The van der Waals surface area contributed by atoms with Crippen molar-refractivity contribution in [3.8, 4) is 11.5 Å². The fourth-order valence-corrected chi connectivity index (χ4v) is 2.69. The number of aliphatic hydroxyl groups is 2. The van der Waals surface area contributed by atoms with Gasteiger partial charge in [-0.1, -0.05) is 6.07 Å². The van der Waals surface area contributed by atoms with Gasteiger partial charge in [0, 0.05) is 5.39 Å². The summed E-state index contributed by atoms with van der Waals surface area (Å²) in [5.74, 6) is 0.796. The van der Waals surface area contributed by atoms with E-state index in [4.69, 9.17) is 9.47 Å². The number of H-pyrrole nitrogens is 1. The van der Waals surface area contributed by atoms with Crippen molar-refractivity contribution < 1.29 is 19.7 Å². The molecule has 0 aliphatic carbocycles. The molecule has 2 aromatic rings. The summed E-state index contributed by atoms with van der Waals surface area (Å²) in [6.07, 6.45) is -2.49. The van der Waals surface area contributed by atoms with Gasteiger partial charge in [0.2, 0.25) is 0 Å². The van der Waals surface area contributed by atoms with Gasteiger partial charge in [0.15, 0.2) is 0 Å². The number of nitrogens with one attached hydrogen (secondary N) is 1. The molecule has 112 valence electrons. The molecule has 1 aliphatic heterocycles. The average molecular weight is 291 g/mol. The van der Waals surface area contributed by atoms with Gasteiger partial charge >= 0.3 is 0 Å². The number of hydrogen-bond acceptors (Lipinski definition) is 5. The summed E-state index contributed by atoms with van der Waals surface area (Å²) in [5, 5.41) is 21.0. The predicted molar refractivity (Wildman–Crippen MR) is 76.8 cm³/mol. The van der Waals surface area contributed by atoms with Crippen LogP contribution in [0.15, 0.2) is 23.0 Å². The van der Waals surface area contributed by atoms with Crippen molar-refractivity contribution in [1.29, 1.82) is 0 Å². The molecule has 2 unspecified atom stereocenters. The highest BCUT2D eigenvalue weighted by Crippen LogP contribution is 2.42. The zero-order chi connectivity index (χ0) is 15.4. The Morgan fingerprint density at radius 2 is 2.05 bits per heavy atom. The maximum absolute atomic E-state index is 12.3. The smallest absolute Gasteiger partial charge is 0.258 e. The maximum Gasteiger partial charge on any atom is 0.258 e. The van der Waals surface area contributed by atoms with E-state index < -0.39 is 23.4 Å². The molecule has 6 heteroatoms. The highest BCUT2D eigenvalue weighted by Gasteiger charge is 2.44. The van der Waals surface area contributed by atoms with Gasteiger partial charge in [-0.3, -0.25) is 4.79 Å². The summed E-state index contributed by atoms with van der Waals surface area (Å²) in [6.45, 7) is 3.33. The lowest BCUT2D eigenvalue weighted by Crippen LogP contribution is -2.50. The van der Waals surface area contributed by atoms with Crippen LogP contribution in [0.3, 0.4) is 0 Å². The average Bonchev–Trinajstić information content (AvgIpc) is 2.44. The van der Waals surface area contributed by atoms with E-state index in [9.17, 15) is 15.0 Å². The van der Waals surface area contributed by atoms with Gasteiger partial charge in [-0.05, 0) is 26.0 Å². The molecule has 6 nitrogen and oxygen atoms in total. The van der Waals surface area contributed by atoms with E-state index in [0.29, 0.717) is 16.7 Å². The summed E-state index contributed by atoms with van der Waals surface area (Å²) < 4.78 is 11.0. The molecule has 2 heterocycles. The van der Waals surface area contributed by atoms with Crippen LogP contribution < -0.4 is 15.0 Å². The number of rotatable bonds is 1. The summed E-state index contributed by atoms with van der Waals surface area (Å²) in [6, 6.07) is 5.27. The zero-order valence-electron chi connectivity index (χ0n) is 12.0. The van der Waals surface area contributed by atoms with Crippen molar-refractivity contribution in [2.24, 2.45) is 0 Å². The Morgan fingerprint density at radius 3 is 2.71 bits per heavy atom. The molecule has 1 aromatic carbocycles. The Hall–Kier alpha value is -2.05. The van der Waals surface area contributed by atoms with E-state index in [1.807, 2.05) is 0 Å². The third kappa shape index (κ3) is 1.91. The number of aromatic nitrogens is 1. The first-order valence-corrected chi connectivity index (χ1v) is 6.65. The lowest BCUT2D eigenvalue weighted by atomic mass is 9.88. The molecule has 0 fully saturated rings. The molecule has 3 rings (SSSR count). The number of pyridine rings is 1. The second-order valence-corrected chi connectivity index (χ2v) is 5.67. The first kappa shape index (κ1) is 13.9. The normalized spacial score (nSPS) is 23.5. The molecule has 0 bridgehead atoms. The van der Waals surface area contributed by atoms with Crippen molar-refractivity contribution >= 4 is 10.9 Å². The molecular formula is C15H17NO5. The molecule has 1 aliphatic rings. The van der Waals surface area contributed by atoms with Gasteiger partial charge in [0.25, 0.3) is 5.56 Å². The third-order valence-electron chi connectivity index (χ3n) is 3.89. The fraction of sp³-hybridized carbons (Fsp3) is 0.400. The Bertz CT molecular complexity index is 764. The summed E-state index contributed by atoms with van der Waals surface area (Å²) in [5.41, 5.74) is -0.953. The van der Waals surface area contributed by atoms with Crippen LogP contribution in [0, 0.1) is 0 Å². The van der Waals surface area contributed by atoms with Crippen LogP contribution in [0.5, 0.6) is 11.5 Å². The zero-order valence-corrected chi connectivity index (χ0v) is 12.0. The number of methoxy groups -OCH3 is 1. The first-order chi connectivity index (χ1) is 9.86. The largest absolute Gasteiger partial charge is 0.495 e. The van der Waals surface area contributed by atoms with Crippen LogP contribution in [0.1, 0.15) is 25.5 Å². The molecule has 0 spiro atoms. The van der Waals surface area contributed by atoms with Gasteiger partial charge in [-0.15, -0.1) is 0 Å². The lowest BCUT2D eigenvalue weighted by Gasteiger charge is -2.39. The van der Waals surface area contributed by atoms with E-state index in [-0.39, 0.29) is 11.3 Å². The fourth-order valence-electron chi connectivity index (χ4n) is 2.69. The Morgan fingerprint density at radius 1 is 1.33 bits per heavy atom. The van der Waals surface area contributed by atoms with Crippen LogP contribution >= 0.6 is 0 Å². The third-order valence-corrected chi connectivity index (χ3v) is 3.89. The molecule has 0 amide bonds. The maximum atomic E-state index is 12.3. The van der Waals surface area contributed by atoms with Gasteiger partial charge in [-0.25, -0.2) is 0 Å². The second-order valence-electron chi connectivity index (χ2n) is 5.67. The summed E-state index contributed by atoms with van der Waals surface area (Å²) in [7, 11) is 1.51. The number of aliphatic hydroxyl groups excluding tert-OH is 2. The number of para-hydroxylation sites is 1. The molecule has 0 saturated heterocycles. The minimum Gasteiger partial charge on any atom is -0.495 e. The first-order valence-electron chi connectivity index (χ1n) is 6.65. The van der Waals surface area contributed by atoms with E-state index >= 15 is 0 Å². The minimum absolute atomic E-state index is 0.0441. The topological polar surface area (TPSA) is 91.8 Å². The molecule has 21 heavy (non-hydrogen) atoms. The number of ether oxygens (including phenoxy) is 2. The van der Waals surface area contributed by atoms with Crippen LogP contribution in [-0.2, 0) is 0 Å². The van der Waals surface area contributed by atoms with Gasteiger partial charge in [0.1, 0.15) is 29.3 Å². The van der Waals surface area contributed by atoms with Gasteiger partial charge < -0.3 is 24.7 Å². The molecule has 2 atom stereocenters. The molecular weight excluding hydrogens is 274 g/mol. The Labute approximate surface area is 120 Å². The number of aromatic amines is 1. The van der Waals surface area contributed by atoms with Gasteiger partial charge in [0.05, 0.1) is 18.2 Å². The van der Waals surface area contributed by atoms with E-state index in [2.05, 4.69) is 4.98 Å². The number of benzene rings is 1. The van der Waals surface area contributed by atoms with Crippen LogP contribution in [0.2, 0.25) is 0 Å². The molecule has 3 N–H and O–H groups in total. The molecule has 0 saturated carbocycles. The van der Waals surface area contributed by atoms with Crippen LogP contribution in [0.25, 0.3) is 10.9 Å². The standard InChI is InChI=1S/C15H17NO5/c1-15(2)13(18)11(17)9-12(21-15)7-5-4-6-8(20-3)10(7)16-14(9)19/h4-6,11,13,17-18H,1-3H3,(H,16,19). The van der Waals surface area contributed by atoms with E-state index in [1.54, 1.807) is 32.0 Å². The minimum atomic E-state index is -1.30. The van der Waals surface area contributed by atoms with Gasteiger partial charge in [-0.2, -0.15) is 0 Å². The highest BCUT2D eigenvalue weighted by atomic mass is 16.5. The van der Waals surface area contributed by atoms with E-state index in [0.717, 1.165) is 0 Å². The lowest BCUT2D eigenvalue weighted by molar-refractivity contribution is -0.111. The number of hydrogen-bond donors (Lipinski definition) is 3. The van der Waals surface area contributed by atoms with Crippen LogP contribution in [-0.4, -0.2) is 34.0 Å². The second kappa shape index (κ2) is 4.47. The SMILES string of the molecule is COc1cccc2c3c(c(=O)[nH]c12)C(O)C(O)C(C)(C)O3. The Balaban J connectivity index is 2.39. The molecule has 0 radical (unpaired) electrons. The van der Waals surface area contributed by atoms with Crippen molar-refractivity contribution in [2.75, 3.05) is 7.11 Å². The van der Waals surface area contributed by atoms with Crippen LogP contribution in [0.4, 0.5) is 0 Å². The number of fused-ring (bicyclic) bond motifs is 3. The van der Waals surface area contributed by atoms with Crippen molar-refractivity contribution in [3.05, 3.63) is 34.1 Å². The monoisotopic (exact) mass is 291 g/mol. The van der Waals surface area contributed by atoms with Crippen molar-refractivity contribution in [3.63, 3.8) is 0 Å². The quantitative estimate of drug-likeness (QED) is 0.732. The van der Waals surface area contributed by atoms with E-state index in [1.165, 1.54) is 7.11 Å². The summed E-state index contributed by atoms with van der Waals surface area (Å²) >= 11 is 0. The predicted octanol–water partition coefficient (Wildman–Crippen LogP) is 1.10. The van der Waals surface area contributed by atoms with Crippen molar-refractivity contribution in [1.82, 2.24) is 4.98 Å². The Kier molecular flexibility index (Phi) is 2.96. The van der Waals surface area contributed by atoms with Crippen molar-refractivity contribution in [2.45, 2.75) is 31.7 Å². The summed E-state index contributed by atoms with van der Waals surface area (Å²) in [4.78, 5) is 14.9. The molecule has 1 aromatic heterocycles.